The molecule has 0 aliphatic heterocycles. The Labute approximate surface area is 124 Å². The molecule has 0 aromatic heterocycles. The Hall–Kier alpha value is -2.01. The van der Waals surface area contributed by atoms with Crippen LogP contribution >= 0.6 is 11.8 Å². The normalized spacial score (nSPS) is 11.0. The standard InChI is InChI=1S/C16H11F3OS/c1-21-11-4-2-10(3-5-11)15(20)9-6-12-13(17)7-8-14(18)16(12)19/h2-9H,1H3. The molecule has 2 aromatic rings. The molecule has 0 bridgehead atoms. The Morgan fingerprint density at radius 1 is 1.00 bits per heavy atom. The maximum atomic E-state index is 13.4. The van der Waals surface area contributed by atoms with E-state index in [2.05, 4.69) is 0 Å². The van der Waals surface area contributed by atoms with E-state index in [9.17, 15) is 18.0 Å². The van der Waals surface area contributed by atoms with Gasteiger partial charge in [0.1, 0.15) is 5.82 Å². The smallest absolute Gasteiger partial charge is 0.185 e. The van der Waals surface area contributed by atoms with Crippen molar-refractivity contribution < 1.29 is 18.0 Å². The average Bonchev–Trinajstić information content (AvgIpc) is 2.51. The Bertz CT molecular complexity index is 693. The molecule has 0 saturated carbocycles. The molecular weight excluding hydrogens is 297 g/mol. The van der Waals surface area contributed by atoms with Crippen molar-refractivity contribution in [3.8, 4) is 0 Å². The van der Waals surface area contributed by atoms with Crippen LogP contribution in [0.25, 0.3) is 6.08 Å². The fraction of sp³-hybridized carbons (Fsp3) is 0.0625. The maximum Gasteiger partial charge on any atom is 0.185 e. The maximum absolute atomic E-state index is 13.4. The van der Waals surface area contributed by atoms with Gasteiger partial charge in [-0.15, -0.1) is 11.8 Å². The predicted molar refractivity (Wildman–Crippen MR) is 77.9 cm³/mol. The van der Waals surface area contributed by atoms with Crippen molar-refractivity contribution in [3.63, 3.8) is 0 Å². The van der Waals surface area contributed by atoms with Gasteiger partial charge in [-0.3, -0.25) is 4.79 Å². The van der Waals surface area contributed by atoms with Crippen molar-refractivity contribution in [3.05, 3.63) is 71.1 Å². The molecular formula is C16H11F3OS. The molecule has 0 aliphatic rings. The lowest BCUT2D eigenvalue weighted by molar-refractivity contribution is 0.104. The molecule has 0 N–H and O–H groups in total. The van der Waals surface area contributed by atoms with E-state index in [0.29, 0.717) is 11.6 Å². The lowest BCUT2D eigenvalue weighted by Gasteiger charge is -2.01. The van der Waals surface area contributed by atoms with Gasteiger partial charge in [-0.2, -0.15) is 0 Å². The molecule has 108 valence electrons. The minimum Gasteiger partial charge on any atom is -0.289 e. The third kappa shape index (κ3) is 3.55. The van der Waals surface area contributed by atoms with E-state index in [-0.39, 0.29) is 0 Å². The largest absolute Gasteiger partial charge is 0.289 e. The minimum atomic E-state index is -1.31. The Balaban J connectivity index is 2.24. The molecule has 0 heterocycles. The number of carbonyl (C=O) groups excluding carboxylic acids is 1. The van der Waals surface area contributed by atoms with Crippen molar-refractivity contribution in [1.82, 2.24) is 0 Å². The van der Waals surface area contributed by atoms with Gasteiger partial charge in [0, 0.05) is 16.0 Å². The first kappa shape index (κ1) is 15.4. The van der Waals surface area contributed by atoms with E-state index in [1.165, 1.54) is 11.8 Å². The molecule has 0 spiro atoms. The molecule has 5 heteroatoms. The first-order valence-electron chi connectivity index (χ1n) is 6.03. The lowest BCUT2D eigenvalue weighted by atomic mass is 10.1. The topological polar surface area (TPSA) is 17.1 Å². The highest BCUT2D eigenvalue weighted by atomic mass is 32.2. The SMILES string of the molecule is CSc1ccc(C(=O)C=Cc2c(F)ccc(F)c2F)cc1. The van der Waals surface area contributed by atoms with Gasteiger partial charge in [0.05, 0.1) is 0 Å². The van der Waals surface area contributed by atoms with E-state index in [1.807, 2.05) is 6.26 Å². The number of ketones is 1. The van der Waals surface area contributed by atoms with Crippen LogP contribution in [0.1, 0.15) is 15.9 Å². The number of hydrogen-bond acceptors (Lipinski definition) is 2. The van der Waals surface area contributed by atoms with E-state index < -0.39 is 28.8 Å². The summed E-state index contributed by atoms with van der Waals surface area (Å²) in [7, 11) is 0. The zero-order valence-electron chi connectivity index (χ0n) is 11.1. The summed E-state index contributed by atoms with van der Waals surface area (Å²) in [6.07, 6.45) is 3.87. The number of hydrogen-bond donors (Lipinski definition) is 0. The molecule has 0 aliphatic carbocycles. The monoisotopic (exact) mass is 308 g/mol. The fourth-order valence-electron chi connectivity index (χ4n) is 1.71. The first-order valence-corrected chi connectivity index (χ1v) is 7.25. The molecule has 21 heavy (non-hydrogen) atoms. The molecule has 2 rings (SSSR count). The van der Waals surface area contributed by atoms with Crippen LogP contribution in [0.5, 0.6) is 0 Å². The summed E-state index contributed by atoms with van der Waals surface area (Å²) in [5.74, 6) is -3.80. The first-order chi connectivity index (χ1) is 10.0. The molecule has 0 radical (unpaired) electrons. The van der Waals surface area contributed by atoms with Gasteiger partial charge in [0.25, 0.3) is 0 Å². The average molecular weight is 308 g/mol. The quantitative estimate of drug-likeness (QED) is 0.352. The van der Waals surface area contributed by atoms with E-state index in [4.69, 9.17) is 0 Å². The highest BCUT2D eigenvalue weighted by Crippen LogP contribution is 2.18. The zero-order valence-corrected chi connectivity index (χ0v) is 11.9. The zero-order chi connectivity index (χ0) is 15.4. The second-order valence-corrected chi connectivity index (χ2v) is 5.06. The summed E-state index contributed by atoms with van der Waals surface area (Å²) in [4.78, 5) is 12.9. The molecule has 0 unspecified atom stereocenters. The molecule has 0 atom stereocenters. The summed E-state index contributed by atoms with van der Waals surface area (Å²) < 4.78 is 39.9. The van der Waals surface area contributed by atoms with Crippen molar-refractivity contribution in [1.29, 1.82) is 0 Å². The lowest BCUT2D eigenvalue weighted by Crippen LogP contribution is -1.96. The van der Waals surface area contributed by atoms with Crippen molar-refractivity contribution in [2.24, 2.45) is 0 Å². The molecule has 0 fully saturated rings. The van der Waals surface area contributed by atoms with Crippen LogP contribution in [0.15, 0.2) is 47.4 Å². The summed E-state index contributed by atoms with van der Waals surface area (Å²) in [5, 5.41) is 0. The predicted octanol–water partition coefficient (Wildman–Crippen LogP) is 4.72. The van der Waals surface area contributed by atoms with Gasteiger partial charge < -0.3 is 0 Å². The summed E-state index contributed by atoms with van der Waals surface area (Å²) in [5.41, 5.74) is -0.176. The van der Waals surface area contributed by atoms with Crippen LogP contribution in [0.2, 0.25) is 0 Å². The highest BCUT2D eigenvalue weighted by Gasteiger charge is 2.11. The number of benzene rings is 2. The third-order valence-electron chi connectivity index (χ3n) is 2.86. The summed E-state index contributed by atoms with van der Waals surface area (Å²) in [6, 6.07) is 8.30. The number of rotatable bonds is 4. The van der Waals surface area contributed by atoms with Crippen LogP contribution in [-0.4, -0.2) is 12.0 Å². The highest BCUT2D eigenvalue weighted by molar-refractivity contribution is 7.98. The van der Waals surface area contributed by atoms with E-state index in [0.717, 1.165) is 23.1 Å². The van der Waals surface area contributed by atoms with E-state index in [1.54, 1.807) is 24.3 Å². The van der Waals surface area contributed by atoms with Crippen LogP contribution in [0, 0.1) is 17.5 Å². The third-order valence-corrected chi connectivity index (χ3v) is 3.60. The summed E-state index contributed by atoms with van der Waals surface area (Å²) in [6.45, 7) is 0. The number of halogens is 3. The van der Waals surface area contributed by atoms with Crippen molar-refractivity contribution >= 4 is 23.6 Å². The van der Waals surface area contributed by atoms with Crippen LogP contribution in [0.4, 0.5) is 13.2 Å². The molecule has 1 nitrogen and oxygen atoms in total. The van der Waals surface area contributed by atoms with Gasteiger partial charge in [-0.25, -0.2) is 13.2 Å². The van der Waals surface area contributed by atoms with Gasteiger partial charge in [-0.1, -0.05) is 0 Å². The molecule has 0 saturated heterocycles. The van der Waals surface area contributed by atoms with Crippen LogP contribution in [-0.2, 0) is 0 Å². The Morgan fingerprint density at radius 2 is 1.62 bits per heavy atom. The van der Waals surface area contributed by atoms with Gasteiger partial charge in [0.15, 0.2) is 17.4 Å². The number of carbonyl (C=O) groups is 1. The molecule has 2 aromatic carbocycles. The number of thioether (sulfide) groups is 1. The van der Waals surface area contributed by atoms with Crippen LogP contribution in [0.3, 0.4) is 0 Å². The Morgan fingerprint density at radius 3 is 2.24 bits per heavy atom. The second-order valence-electron chi connectivity index (χ2n) is 4.18. The van der Waals surface area contributed by atoms with Crippen LogP contribution < -0.4 is 0 Å². The second kappa shape index (κ2) is 6.63. The van der Waals surface area contributed by atoms with E-state index >= 15 is 0 Å². The van der Waals surface area contributed by atoms with Crippen molar-refractivity contribution in [2.45, 2.75) is 4.90 Å². The fourth-order valence-corrected chi connectivity index (χ4v) is 2.11. The summed E-state index contributed by atoms with van der Waals surface area (Å²) >= 11 is 1.53. The van der Waals surface area contributed by atoms with Gasteiger partial charge >= 0.3 is 0 Å². The van der Waals surface area contributed by atoms with Gasteiger partial charge in [-0.05, 0) is 54.8 Å². The van der Waals surface area contributed by atoms with Gasteiger partial charge in [0.2, 0.25) is 0 Å². The van der Waals surface area contributed by atoms with Crippen molar-refractivity contribution in [2.75, 3.05) is 6.26 Å². The minimum absolute atomic E-state index is 0.390. The number of allylic oxidation sites excluding steroid dienone is 1. The Kier molecular flexibility index (Phi) is 4.85. The molecule has 0 amide bonds.